The summed E-state index contributed by atoms with van der Waals surface area (Å²) < 4.78 is 71.8. The standard InChI is InChI=1S/C23H24F5N5O3/c24-16-4-3-13(10-17(16)25)19-12-36-22(35)33(19)21(34)32-9-8-29-14-5-7-30-18(11-14)20-15(23(26,27)28)2-1-6-31-20/h1-4,6,10,14,18-19,29-30H,5,7-9,11-12H2,(H,32,34)/t14?,18?,19-/m1/s1. The largest absolute Gasteiger partial charge is 0.446 e. The van der Waals surface area contributed by atoms with Crippen LogP contribution < -0.4 is 16.0 Å². The number of pyridine rings is 1. The highest BCUT2D eigenvalue weighted by atomic mass is 19.4. The highest BCUT2D eigenvalue weighted by Crippen LogP contribution is 2.35. The van der Waals surface area contributed by atoms with Gasteiger partial charge in [-0.2, -0.15) is 13.2 Å². The fourth-order valence-electron chi connectivity index (χ4n) is 4.39. The molecule has 0 saturated carbocycles. The summed E-state index contributed by atoms with van der Waals surface area (Å²) in [5, 5.41) is 8.85. The highest BCUT2D eigenvalue weighted by molar-refractivity contribution is 5.92. The first kappa shape index (κ1) is 25.8. The van der Waals surface area contributed by atoms with Gasteiger partial charge in [0.25, 0.3) is 0 Å². The Morgan fingerprint density at radius 3 is 2.75 bits per heavy atom. The molecule has 1 aromatic carbocycles. The van der Waals surface area contributed by atoms with Crippen LogP contribution in [0.5, 0.6) is 0 Å². The van der Waals surface area contributed by atoms with Gasteiger partial charge in [-0.15, -0.1) is 0 Å². The highest BCUT2D eigenvalue weighted by Gasteiger charge is 2.40. The lowest BCUT2D eigenvalue weighted by atomic mass is 9.94. The molecule has 3 N–H and O–H groups in total. The molecule has 13 heteroatoms. The molecule has 2 aliphatic rings. The number of nitrogens with one attached hydrogen (secondary N) is 3. The number of hydrogen-bond donors (Lipinski definition) is 3. The number of imide groups is 1. The molecule has 2 aliphatic heterocycles. The van der Waals surface area contributed by atoms with Gasteiger partial charge in [-0.3, -0.25) is 4.98 Å². The van der Waals surface area contributed by atoms with Crippen LogP contribution in [0.1, 0.15) is 41.7 Å². The zero-order chi connectivity index (χ0) is 25.9. The Morgan fingerprint density at radius 1 is 1.19 bits per heavy atom. The van der Waals surface area contributed by atoms with Crippen molar-refractivity contribution >= 4 is 12.1 Å². The van der Waals surface area contributed by atoms with E-state index in [-0.39, 0.29) is 37.0 Å². The van der Waals surface area contributed by atoms with Crippen LogP contribution in [0.2, 0.25) is 0 Å². The Labute approximate surface area is 203 Å². The number of amides is 3. The zero-order valence-corrected chi connectivity index (χ0v) is 18.9. The third kappa shape index (κ3) is 5.73. The van der Waals surface area contributed by atoms with Crippen molar-refractivity contribution in [1.29, 1.82) is 0 Å². The topological polar surface area (TPSA) is 95.6 Å². The summed E-state index contributed by atoms with van der Waals surface area (Å²) in [5.74, 6) is -2.16. The van der Waals surface area contributed by atoms with Gasteiger partial charge in [0.2, 0.25) is 0 Å². The summed E-state index contributed by atoms with van der Waals surface area (Å²) in [4.78, 5) is 29.4. The molecule has 0 aliphatic carbocycles. The van der Waals surface area contributed by atoms with Gasteiger partial charge in [-0.1, -0.05) is 6.07 Å². The monoisotopic (exact) mass is 513 g/mol. The van der Waals surface area contributed by atoms with E-state index in [2.05, 4.69) is 20.9 Å². The Hall–Kier alpha value is -3.32. The van der Waals surface area contributed by atoms with Crippen molar-refractivity contribution in [1.82, 2.24) is 25.8 Å². The lowest BCUT2D eigenvalue weighted by molar-refractivity contribution is -0.138. The van der Waals surface area contributed by atoms with Crippen LogP contribution >= 0.6 is 0 Å². The summed E-state index contributed by atoms with van der Waals surface area (Å²) >= 11 is 0. The number of piperidine rings is 1. The number of urea groups is 1. The molecule has 2 fully saturated rings. The van der Waals surface area contributed by atoms with Gasteiger partial charge < -0.3 is 20.7 Å². The van der Waals surface area contributed by atoms with Gasteiger partial charge in [0.05, 0.1) is 17.3 Å². The molecule has 2 saturated heterocycles. The van der Waals surface area contributed by atoms with Gasteiger partial charge in [-0.05, 0) is 49.2 Å². The molecular formula is C23H24F5N5O3. The maximum Gasteiger partial charge on any atom is 0.418 e. The van der Waals surface area contributed by atoms with Crippen LogP contribution in [0.3, 0.4) is 0 Å². The number of hydrogen-bond acceptors (Lipinski definition) is 6. The minimum atomic E-state index is -4.51. The van der Waals surface area contributed by atoms with Crippen molar-refractivity contribution in [3.8, 4) is 0 Å². The Morgan fingerprint density at radius 2 is 2.00 bits per heavy atom. The van der Waals surface area contributed by atoms with Crippen molar-refractivity contribution in [2.24, 2.45) is 0 Å². The van der Waals surface area contributed by atoms with Gasteiger partial charge in [0.1, 0.15) is 12.6 Å². The third-order valence-electron chi connectivity index (χ3n) is 6.13. The summed E-state index contributed by atoms with van der Waals surface area (Å²) in [6.45, 7) is 0.687. The molecule has 2 aromatic rings. The first-order chi connectivity index (χ1) is 17.1. The van der Waals surface area contributed by atoms with Crippen molar-refractivity contribution in [2.75, 3.05) is 26.2 Å². The molecule has 2 unspecified atom stereocenters. The molecule has 194 valence electrons. The Balaban J connectivity index is 1.29. The van der Waals surface area contributed by atoms with Crippen molar-refractivity contribution in [3.05, 3.63) is 65.0 Å². The fourth-order valence-corrected chi connectivity index (χ4v) is 4.39. The number of ether oxygens (including phenoxy) is 1. The number of cyclic esters (lactones) is 1. The average molecular weight is 513 g/mol. The number of carbonyl (C=O) groups excluding carboxylic acids is 2. The maximum atomic E-state index is 13.6. The Kier molecular flexibility index (Phi) is 7.69. The number of benzene rings is 1. The van der Waals surface area contributed by atoms with Crippen LogP contribution in [-0.2, 0) is 10.9 Å². The normalized spacial score (nSPS) is 22.4. The van der Waals surface area contributed by atoms with E-state index in [0.717, 1.165) is 23.1 Å². The van der Waals surface area contributed by atoms with Gasteiger partial charge in [-0.25, -0.2) is 23.3 Å². The number of carbonyl (C=O) groups is 2. The van der Waals surface area contributed by atoms with E-state index in [1.165, 1.54) is 18.3 Å². The summed E-state index contributed by atoms with van der Waals surface area (Å²) in [5.41, 5.74) is -0.620. The zero-order valence-electron chi connectivity index (χ0n) is 18.9. The molecule has 3 atom stereocenters. The van der Waals surface area contributed by atoms with Crippen LogP contribution in [-0.4, -0.2) is 54.3 Å². The molecule has 3 amide bonds. The molecule has 4 rings (SSSR count). The predicted octanol–water partition coefficient (Wildman–Crippen LogP) is 3.66. The van der Waals surface area contributed by atoms with Gasteiger partial charge in [0, 0.05) is 25.3 Å². The minimum Gasteiger partial charge on any atom is -0.446 e. The van der Waals surface area contributed by atoms with Crippen molar-refractivity contribution in [2.45, 2.75) is 37.1 Å². The number of aromatic nitrogens is 1. The number of halogens is 5. The van der Waals surface area contributed by atoms with Crippen molar-refractivity contribution < 1.29 is 36.3 Å². The van der Waals surface area contributed by atoms with Crippen LogP contribution in [0.4, 0.5) is 31.5 Å². The second-order valence-corrected chi connectivity index (χ2v) is 8.48. The fraction of sp³-hybridized carbons (Fsp3) is 0.435. The summed E-state index contributed by atoms with van der Waals surface area (Å²) in [6, 6.07) is 2.96. The number of nitrogens with zero attached hydrogens (tertiary/aromatic N) is 2. The molecule has 8 nitrogen and oxygen atoms in total. The predicted molar refractivity (Wildman–Crippen MR) is 117 cm³/mol. The number of rotatable bonds is 6. The van der Waals surface area contributed by atoms with E-state index >= 15 is 0 Å². The smallest absolute Gasteiger partial charge is 0.418 e. The number of alkyl halides is 3. The quantitative estimate of drug-likeness (QED) is 0.403. The second kappa shape index (κ2) is 10.7. The molecule has 3 heterocycles. The molecule has 0 radical (unpaired) electrons. The van der Waals surface area contributed by atoms with E-state index < -0.39 is 47.6 Å². The average Bonchev–Trinajstić information content (AvgIpc) is 3.24. The second-order valence-electron chi connectivity index (χ2n) is 8.48. The molecular weight excluding hydrogens is 489 g/mol. The van der Waals surface area contributed by atoms with Crippen molar-refractivity contribution in [3.63, 3.8) is 0 Å². The molecule has 1 aromatic heterocycles. The van der Waals surface area contributed by atoms with Crippen LogP contribution in [0.25, 0.3) is 0 Å². The lowest BCUT2D eigenvalue weighted by Crippen LogP contribution is -2.47. The lowest BCUT2D eigenvalue weighted by Gasteiger charge is -2.32. The van der Waals surface area contributed by atoms with E-state index in [4.69, 9.17) is 4.74 Å². The van der Waals surface area contributed by atoms with E-state index in [9.17, 15) is 31.5 Å². The van der Waals surface area contributed by atoms with E-state index in [1.54, 1.807) is 0 Å². The SMILES string of the molecule is O=C(NCCNC1CCNC(c2ncccc2C(F)(F)F)C1)N1C(=O)OC[C@@H]1c1ccc(F)c(F)c1. The van der Waals surface area contributed by atoms with Gasteiger partial charge >= 0.3 is 18.3 Å². The molecule has 0 bridgehead atoms. The Bertz CT molecular complexity index is 1120. The van der Waals surface area contributed by atoms with E-state index in [1.807, 2.05) is 0 Å². The molecule has 0 spiro atoms. The van der Waals surface area contributed by atoms with E-state index in [0.29, 0.717) is 19.4 Å². The minimum absolute atomic E-state index is 0.0550. The molecule has 36 heavy (non-hydrogen) atoms. The first-order valence-corrected chi connectivity index (χ1v) is 11.3. The first-order valence-electron chi connectivity index (χ1n) is 11.3. The van der Waals surface area contributed by atoms with Crippen LogP contribution in [0, 0.1) is 11.6 Å². The van der Waals surface area contributed by atoms with Crippen LogP contribution in [0.15, 0.2) is 36.5 Å². The summed E-state index contributed by atoms with van der Waals surface area (Å²) in [6.07, 6.45) is -3.06. The van der Waals surface area contributed by atoms with Gasteiger partial charge in [0.15, 0.2) is 11.6 Å². The summed E-state index contributed by atoms with van der Waals surface area (Å²) in [7, 11) is 0. The third-order valence-corrected chi connectivity index (χ3v) is 6.13. The maximum absolute atomic E-state index is 13.6.